The first-order chi connectivity index (χ1) is 6.27. The fourth-order valence-corrected chi connectivity index (χ4v) is 1.18. The maximum atomic E-state index is 8.71. The predicted molar refractivity (Wildman–Crippen MR) is 51.6 cm³/mol. The Bertz CT molecular complexity index is 263. The summed E-state index contributed by atoms with van der Waals surface area (Å²) in [6.45, 7) is 0.110. The number of ether oxygens (including phenoxy) is 1. The SMILES string of the molecule is COc1cccc([C@H](N)CCO)c1. The number of aliphatic hydroxyl groups excluding tert-OH is 1. The van der Waals surface area contributed by atoms with Crippen LogP contribution in [0.3, 0.4) is 0 Å². The molecule has 3 nitrogen and oxygen atoms in total. The summed E-state index contributed by atoms with van der Waals surface area (Å²) in [6, 6.07) is 7.48. The Labute approximate surface area is 78.1 Å². The first-order valence-electron chi connectivity index (χ1n) is 4.28. The fraction of sp³-hybridized carbons (Fsp3) is 0.400. The minimum absolute atomic E-state index is 0.110. The third-order valence-electron chi connectivity index (χ3n) is 1.96. The van der Waals surface area contributed by atoms with E-state index in [2.05, 4.69) is 0 Å². The van der Waals surface area contributed by atoms with Crippen LogP contribution in [0.15, 0.2) is 24.3 Å². The summed E-state index contributed by atoms with van der Waals surface area (Å²) in [5, 5.41) is 8.71. The molecule has 0 saturated carbocycles. The Morgan fingerprint density at radius 3 is 2.92 bits per heavy atom. The zero-order valence-corrected chi connectivity index (χ0v) is 7.73. The number of hydrogen-bond acceptors (Lipinski definition) is 3. The van der Waals surface area contributed by atoms with Crippen molar-refractivity contribution in [3.63, 3.8) is 0 Å². The second kappa shape index (κ2) is 4.84. The van der Waals surface area contributed by atoms with Gasteiger partial charge in [0, 0.05) is 12.6 Å². The summed E-state index contributed by atoms with van der Waals surface area (Å²) in [4.78, 5) is 0. The molecule has 0 saturated heterocycles. The molecule has 1 atom stereocenters. The van der Waals surface area contributed by atoms with Crippen LogP contribution in [0.2, 0.25) is 0 Å². The number of rotatable bonds is 4. The van der Waals surface area contributed by atoms with Crippen LogP contribution in [0, 0.1) is 0 Å². The minimum Gasteiger partial charge on any atom is -0.497 e. The number of aliphatic hydroxyl groups is 1. The van der Waals surface area contributed by atoms with E-state index in [1.807, 2.05) is 24.3 Å². The number of nitrogens with two attached hydrogens (primary N) is 1. The summed E-state index contributed by atoms with van der Waals surface area (Å²) in [5.74, 6) is 0.797. The predicted octanol–water partition coefficient (Wildman–Crippen LogP) is 1.08. The van der Waals surface area contributed by atoms with Crippen LogP contribution >= 0.6 is 0 Å². The molecule has 1 aromatic rings. The molecule has 0 heterocycles. The molecular weight excluding hydrogens is 166 g/mol. The lowest BCUT2D eigenvalue weighted by Gasteiger charge is -2.11. The average molecular weight is 181 g/mol. The highest BCUT2D eigenvalue weighted by Crippen LogP contribution is 2.19. The van der Waals surface area contributed by atoms with Crippen LogP contribution in [-0.4, -0.2) is 18.8 Å². The highest BCUT2D eigenvalue weighted by atomic mass is 16.5. The summed E-state index contributed by atoms with van der Waals surface area (Å²) in [6.07, 6.45) is 0.577. The maximum absolute atomic E-state index is 8.71. The van der Waals surface area contributed by atoms with Gasteiger partial charge in [0.1, 0.15) is 5.75 Å². The van der Waals surface area contributed by atoms with Crippen molar-refractivity contribution < 1.29 is 9.84 Å². The Balaban J connectivity index is 2.75. The van der Waals surface area contributed by atoms with Crippen LogP contribution in [0.1, 0.15) is 18.0 Å². The lowest BCUT2D eigenvalue weighted by atomic mass is 10.1. The molecule has 0 spiro atoms. The second-order valence-electron chi connectivity index (χ2n) is 2.90. The van der Waals surface area contributed by atoms with E-state index in [0.29, 0.717) is 6.42 Å². The standard InChI is InChI=1S/C10H15NO2/c1-13-9-4-2-3-8(7-9)10(11)5-6-12/h2-4,7,10,12H,5-6,11H2,1H3/t10-/m1/s1. The van der Waals surface area contributed by atoms with Gasteiger partial charge in [0.2, 0.25) is 0 Å². The quantitative estimate of drug-likeness (QED) is 0.730. The number of hydrogen-bond donors (Lipinski definition) is 2. The van der Waals surface area contributed by atoms with Crippen molar-refractivity contribution in [2.75, 3.05) is 13.7 Å². The molecule has 72 valence electrons. The zero-order chi connectivity index (χ0) is 9.68. The maximum Gasteiger partial charge on any atom is 0.119 e. The van der Waals surface area contributed by atoms with Crippen molar-refractivity contribution in [1.82, 2.24) is 0 Å². The normalized spacial score (nSPS) is 12.5. The molecule has 0 aliphatic heterocycles. The fourth-order valence-electron chi connectivity index (χ4n) is 1.18. The zero-order valence-electron chi connectivity index (χ0n) is 7.73. The third-order valence-corrected chi connectivity index (χ3v) is 1.96. The van der Waals surface area contributed by atoms with Gasteiger partial charge in [-0.3, -0.25) is 0 Å². The van der Waals surface area contributed by atoms with Crippen LogP contribution in [0.25, 0.3) is 0 Å². The van der Waals surface area contributed by atoms with Crippen LogP contribution < -0.4 is 10.5 Å². The van der Waals surface area contributed by atoms with Gasteiger partial charge in [-0.1, -0.05) is 12.1 Å². The van der Waals surface area contributed by atoms with Crippen LogP contribution in [0.5, 0.6) is 5.75 Å². The van der Waals surface area contributed by atoms with E-state index in [1.165, 1.54) is 0 Å². The topological polar surface area (TPSA) is 55.5 Å². The molecule has 13 heavy (non-hydrogen) atoms. The first-order valence-corrected chi connectivity index (χ1v) is 4.28. The van der Waals surface area contributed by atoms with Gasteiger partial charge in [-0.05, 0) is 24.1 Å². The van der Waals surface area contributed by atoms with Gasteiger partial charge in [-0.25, -0.2) is 0 Å². The Morgan fingerprint density at radius 1 is 1.54 bits per heavy atom. The highest BCUT2D eigenvalue weighted by Gasteiger charge is 2.05. The van der Waals surface area contributed by atoms with E-state index in [4.69, 9.17) is 15.6 Å². The molecule has 0 fully saturated rings. The third kappa shape index (κ3) is 2.72. The first kappa shape index (κ1) is 10.0. The van der Waals surface area contributed by atoms with E-state index in [0.717, 1.165) is 11.3 Å². The summed E-state index contributed by atoms with van der Waals surface area (Å²) < 4.78 is 5.07. The average Bonchev–Trinajstić information content (AvgIpc) is 2.18. The van der Waals surface area contributed by atoms with Gasteiger partial charge >= 0.3 is 0 Å². The Kier molecular flexibility index (Phi) is 3.73. The Hall–Kier alpha value is -1.06. The van der Waals surface area contributed by atoms with Crippen molar-refractivity contribution in [1.29, 1.82) is 0 Å². The van der Waals surface area contributed by atoms with Crippen molar-refractivity contribution >= 4 is 0 Å². The molecule has 0 aliphatic carbocycles. The molecule has 0 amide bonds. The van der Waals surface area contributed by atoms with E-state index < -0.39 is 0 Å². The van der Waals surface area contributed by atoms with E-state index in [1.54, 1.807) is 7.11 Å². The summed E-state index contributed by atoms with van der Waals surface area (Å²) in [7, 11) is 1.62. The van der Waals surface area contributed by atoms with Gasteiger partial charge in [-0.2, -0.15) is 0 Å². The van der Waals surface area contributed by atoms with Gasteiger partial charge in [0.05, 0.1) is 7.11 Å². The van der Waals surface area contributed by atoms with Crippen molar-refractivity contribution in [2.24, 2.45) is 5.73 Å². The number of methoxy groups -OCH3 is 1. The van der Waals surface area contributed by atoms with E-state index in [9.17, 15) is 0 Å². The number of benzene rings is 1. The molecule has 0 aliphatic rings. The summed E-state index contributed by atoms with van der Waals surface area (Å²) >= 11 is 0. The molecule has 1 rings (SSSR count). The molecular formula is C10H15NO2. The molecule has 0 radical (unpaired) electrons. The Morgan fingerprint density at radius 2 is 2.31 bits per heavy atom. The molecule has 3 heteroatoms. The van der Waals surface area contributed by atoms with Gasteiger partial charge < -0.3 is 15.6 Å². The molecule has 1 aromatic carbocycles. The molecule has 3 N–H and O–H groups in total. The summed E-state index contributed by atoms with van der Waals surface area (Å²) in [5.41, 5.74) is 6.81. The van der Waals surface area contributed by atoms with Crippen LogP contribution in [0.4, 0.5) is 0 Å². The van der Waals surface area contributed by atoms with Gasteiger partial charge in [0.25, 0.3) is 0 Å². The lowest BCUT2D eigenvalue weighted by Crippen LogP contribution is -2.11. The van der Waals surface area contributed by atoms with E-state index >= 15 is 0 Å². The smallest absolute Gasteiger partial charge is 0.119 e. The largest absolute Gasteiger partial charge is 0.497 e. The lowest BCUT2D eigenvalue weighted by molar-refractivity contribution is 0.276. The highest BCUT2D eigenvalue weighted by molar-refractivity contribution is 5.30. The molecule has 0 aromatic heterocycles. The minimum atomic E-state index is -0.111. The van der Waals surface area contributed by atoms with Gasteiger partial charge in [0.15, 0.2) is 0 Å². The second-order valence-corrected chi connectivity index (χ2v) is 2.90. The van der Waals surface area contributed by atoms with E-state index in [-0.39, 0.29) is 12.6 Å². The van der Waals surface area contributed by atoms with Crippen molar-refractivity contribution in [2.45, 2.75) is 12.5 Å². The molecule has 0 unspecified atom stereocenters. The molecule has 0 bridgehead atoms. The van der Waals surface area contributed by atoms with Crippen molar-refractivity contribution in [3.05, 3.63) is 29.8 Å². The van der Waals surface area contributed by atoms with Crippen LogP contribution in [-0.2, 0) is 0 Å². The monoisotopic (exact) mass is 181 g/mol. The van der Waals surface area contributed by atoms with Gasteiger partial charge in [-0.15, -0.1) is 0 Å². The van der Waals surface area contributed by atoms with Crippen molar-refractivity contribution in [3.8, 4) is 5.75 Å².